The highest BCUT2D eigenvalue weighted by Crippen LogP contribution is 2.17. The molecule has 0 aliphatic rings. The van der Waals surface area contributed by atoms with Crippen molar-refractivity contribution in [1.29, 1.82) is 0 Å². The molecule has 21 heavy (non-hydrogen) atoms. The molecule has 110 valence electrons. The zero-order valence-electron chi connectivity index (χ0n) is 10.8. The minimum atomic E-state index is -1.12. The third-order valence-corrected chi connectivity index (χ3v) is 2.73. The Morgan fingerprint density at radius 3 is 2.57 bits per heavy atom. The lowest BCUT2D eigenvalue weighted by Crippen LogP contribution is -2.28. The summed E-state index contributed by atoms with van der Waals surface area (Å²) in [5, 5.41) is 11.3. The molecule has 1 aromatic heterocycles. The lowest BCUT2D eigenvalue weighted by molar-refractivity contribution is -0.135. The first-order valence-electron chi connectivity index (χ1n) is 6.01. The molecule has 2 rings (SSSR count). The first kappa shape index (κ1) is 14.9. The Hall–Kier alpha value is -2.47. The average Bonchev–Trinajstić information content (AvgIpc) is 2.93. The van der Waals surface area contributed by atoms with Gasteiger partial charge in [-0.05, 0) is 36.4 Å². The summed E-state index contributed by atoms with van der Waals surface area (Å²) in [4.78, 5) is 21.9. The fourth-order valence-electron chi connectivity index (χ4n) is 1.51. The van der Waals surface area contributed by atoms with Crippen molar-refractivity contribution in [3.63, 3.8) is 0 Å². The van der Waals surface area contributed by atoms with Gasteiger partial charge in [0.25, 0.3) is 5.91 Å². The van der Waals surface area contributed by atoms with E-state index in [4.69, 9.17) is 25.9 Å². The largest absolute Gasteiger partial charge is 0.486 e. The molecule has 1 heterocycles. The monoisotopic (exact) mass is 309 g/mol. The molecular formula is C14H12ClNO5. The van der Waals surface area contributed by atoms with E-state index in [2.05, 4.69) is 5.32 Å². The quantitative estimate of drug-likeness (QED) is 0.855. The van der Waals surface area contributed by atoms with Gasteiger partial charge in [-0.15, -0.1) is 0 Å². The maximum absolute atomic E-state index is 11.6. The number of hydrogen-bond acceptors (Lipinski definition) is 4. The third kappa shape index (κ3) is 4.54. The average molecular weight is 310 g/mol. The summed E-state index contributed by atoms with van der Waals surface area (Å²) in [6.07, 6.45) is 0. The highest BCUT2D eigenvalue weighted by Gasteiger charge is 2.12. The summed E-state index contributed by atoms with van der Waals surface area (Å²) in [7, 11) is 0. The molecule has 6 nitrogen and oxygen atoms in total. The van der Waals surface area contributed by atoms with Gasteiger partial charge in [0.2, 0.25) is 0 Å². The van der Waals surface area contributed by atoms with Gasteiger partial charge in [-0.3, -0.25) is 9.59 Å². The Morgan fingerprint density at radius 1 is 1.19 bits per heavy atom. The summed E-state index contributed by atoms with van der Waals surface area (Å²) < 4.78 is 10.7. The number of ether oxygens (including phenoxy) is 1. The number of furan rings is 1. The van der Waals surface area contributed by atoms with E-state index in [0.29, 0.717) is 16.5 Å². The van der Waals surface area contributed by atoms with Crippen LogP contribution in [0.1, 0.15) is 16.3 Å². The van der Waals surface area contributed by atoms with Gasteiger partial charge in [0.1, 0.15) is 24.7 Å². The number of rotatable bonds is 6. The number of carbonyl (C=O) groups excluding carboxylic acids is 1. The van der Waals surface area contributed by atoms with Crippen LogP contribution in [0.15, 0.2) is 40.8 Å². The van der Waals surface area contributed by atoms with Gasteiger partial charge in [-0.25, -0.2) is 0 Å². The van der Waals surface area contributed by atoms with E-state index < -0.39 is 18.4 Å². The van der Waals surface area contributed by atoms with Crippen LogP contribution in [-0.4, -0.2) is 23.5 Å². The summed E-state index contributed by atoms with van der Waals surface area (Å²) >= 11 is 5.76. The predicted molar refractivity (Wildman–Crippen MR) is 74.5 cm³/mol. The SMILES string of the molecule is O=C(O)CNC(=O)c1ccc(COc2ccc(Cl)cc2)o1. The second-order valence-electron chi connectivity index (χ2n) is 4.08. The van der Waals surface area contributed by atoms with Crippen LogP contribution in [0.2, 0.25) is 5.02 Å². The number of amides is 1. The number of hydrogen-bond donors (Lipinski definition) is 2. The highest BCUT2D eigenvalue weighted by molar-refractivity contribution is 6.30. The van der Waals surface area contributed by atoms with E-state index in [1.165, 1.54) is 6.07 Å². The van der Waals surface area contributed by atoms with E-state index in [-0.39, 0.29) is 12.4 Å². The maximum Gasteiger partial charge on any atom is 0.322 e. The van der Waals surface area contributed by atoms with E-state index in [9.17, 15) is 9.59 Å². The van der Waals surface area contributed by atoms with Crippen LogP contribution in [0.3, 0.4) is 0 Å². The van der Waals surface area contributed by atoms with Crippen molar-refractivity contribution in [2.24, 2.45) is 0 Å². The van der Waals surface area contributed by atoms with Crippen LogP contribution in [-0.2, 0) is 11.4 Å². The van der Waals surface area contributed by atoms with Gasteiger partial charge in [0.05, 0.1) is 0 Å². The molecule has 0 bridgehead atoms. The molecule has 0 radical (unpaired) electrons. The molecule has 0 spiro atoms. The third-order valence-electron chi connectivity index (χ3n) is 2.48. The van der Waals surface area contributed by atoms with Crippen LogP contribution in [0.25, 0.3) is 0 Å². The number of carbonyl (C=O) groups is 2. The molecule has 7 heteroatoms. The highest BCUT2D eigenvalue weighted by atomic mass is 35.5. The molecule has 2 N–H and O–H groups in total. The first-order valence-corrected chi connectivity index (χ1v) is 6.39. The van der Waals surface area contributed by atoms with Gasteiger partial charge in [0.15, 0.2) is 5.76 Å². The van der Waals surface area contributed by atoms with Crippen LogP contribution in [0.5, 0.6) is 5.75 Å². The van der Waals surface area contributed by atoms with E-state index >= 15 is 0 Å². The Kier molecular flexibility index (Phi) is 4.84. The number of carboxylic acid groups (broad SMARTS) is 1. The van der Waals surface area contributed by atoms with Gasteiger partial charge in [-0.2, -0.15) is 0 Å². The second kappa shape index (κ2) is 6.81. The molecule has 0 aliphatic heterocycles. The minimum Gasteiger partial charge on any atom is -0.486 e. The van der Waals surface area contributed by atoms with Crippen molar-refractivity contribution >= 4 is 23.5 Å². The van der Waals surface area contributed by atoms with Crippen LogP contribution >= 0.6 is 11.6 Å². The van der Waals surface area contributed by atoms with Crippen molar-refractivity contribution < 1.29 is 23.8 Å². The Balaban J connectivity index is 1.89. The molecular weight excluding hydrogens is 298 g/mol. The minimum absolute atomic E-state index is 0.0333. The Bertz CT molecular complexity index is 635. The first-order chi connectivity index (χ1) is 10.0. The maximum atomic E-state index is 11.6. The smallest absolute Gasteiger partial charge is 0.322 e. The van der Waals surface area contributed by atoms with Crippen LogP contribution < -0.4 is 10.1 Å². The number of carboxylic acids is 1. The zero-order chi connectivity index (χ0) is 15.2. The zero-order valence-corrected chi connectivity index (χ0v) is 11.6. The topological polar surface area (TPSA) is 88.8 Å². The van der Waals surface area contributed by atoms with E-state index in [0.717, 1.165) is 0 Å². The standard InChI is InChI=1S/C14H12ClNO5/c15-9-1-3-10(4-2-9)20-8-11-5-6-12(21-11)14(19)16-7-13(17)18/h1-6H,7-8H2,(H,16,19)(H,17,18). The number of aliphatic carboxylic acids is 1. The van der Waals surface area contributed by atoms with Crippen molar-refractivity contribution in [2.45, 2.75) is 6.61 Å². The Labute approximate surface area is 125 Å². The number of nitrogens with one attached hydrogen (secondary N) is 1. The normalized spacial score (nSPS) is 10.1. The van der Waals surface area contributed by atoms with Crippen molar-refractivity contribution in [2.75, 3.05) is 6.54 Å². The van der Waals surface area contributed by atoms with Gasteiger partial charge in [0, 0.05) is 5.02 Å². The molecule has 0 aliphatic carbocycles. The molecule has 0 saturated heterocycles. The fraction of sp³-hybridized carbons (Fsp3) is 0.143. The summed E-state index contributed by atoms with van der Waals surface area (Å²) in [6.45, 7) is -0.315. The predicted octanol–water partition coefficient (Wildman–Crippen LogP) is 2.33. The van der Waals surface area contributed by atoms with Crippen molar-refractivity contribution in [3.05, 3.63) is 52.9 Å². The van der Waals surface area contributed by atoms with E-state index in [1.807, 2.05) is 0 Å². The Morgan fingerprint density at radius 2 is 1.90 bits per heavy atom. The lowest BCUT2D eigenvalue weighted by Gasteiger charge is -2.04. The fourth-order valence-corrected chi connectivity index (χ4v) is 1.63. The van der Waals surface area contributed by atoms with E-state index in [1.54, 1.807) is 30.3 Å². The van der Waals surface area contributed by atoms with Gasteiger partial charge in [-0.1, -0.05) is 11.6 Å². The van der Waals surface area contributed by atoms with Crippen molar-refractivity contribution in [3.8, 4) is 5.75 Å². The molecule has 0 saturated carbocycles. The second-order valence-corrected chi connectivity index (χ2v) is 4.52. The molecule has 0 fully saturated rings. The molecule has 1 aromatic carbocycles. The summed E-state index contributed by atoms with van der Waals surface area (Å²) in [5.41, 5.74) is 0. The van der Waals surface area contributed by atoms with Crippen LogP contribution in [0, 0.1) is 0 Å². The summed E-state index contributed by atoms with van der Waals surface area (Å²) in [5.74, 6) is -0.611. The summed E-state index contributed by atoms with van der Waals surface area (Å²) in [6, 6.07) is 9.87. The number of halogens is 1. The molecule has 0 unspecified atom stereocenters. The van der Waals surface area contributed by atoms with Crippen molar-refractivity contribution in [1.82, 2.24) is 5.32 Å². The number of benzene rings is 1. The van der Waals surface area contributed by atoms with Gasteiger partial charge < -0.3 is 19.6 Å². The van der Waals surface area contributed by atoms with Crippen LogP contribution in [0.4, 0.5) is 0 Å². The molecule has 1 amide bonds. The van der Waals surface area contributed by atoms with Gasteiger partial charge >= 0.3 is 5.97 Å². The molecule has 2 aromatic rings. The lowest BCUT2D eigenvalue weighted by atomic mass is 10.3. The molecule has 0 atom stereocenters.